The Hall–Kier alpha value is -2.54. The predicted molar refractivity (Wildman–Crippen MR) is 87.9 cm³/mol. The number of thioether (sulfide) groups is 1. The van der Waals surface area contributed by atoms with Crippen LogP contribution in [0.15, 0.2) is 41.3 Å². The molecule has 1 aliphatic rings. The van der Waals surface area contributed by atoms with Crippen molar-refractivity contribution in [1.82, 2.24) is 0 Å². The van der Waals surface area contributed by atoms with Crippen molar-refractivity contribution < 1.29 is 23.5 Å². The van der Waals surface area contributed by atoms with E-state index in [9.17, 15) is 14.0 Å². The fourth-order valence-corrected chi connectivity index (χ4v) is 3.03. The average Bonchev–Trinajstić information content (AvgIpc) is 2.59. The summed E-state index contributed by atoms with van der Waals surface area (Å²) in [7, 11) is 1.38. The Balaban J connectivity index is 1.68. The molecule has 0 unspecified atom stereocenters. The number of fused-ring (bicyclic) bond motifs is 1. The molecule has 124 valence electrons. The minimum absolute atomic E-state index is 0.0576. The molecule has 3 rings (SSSR count). The number of hydrogen-bond donors (Lipinski definition) is 1. The highest BCUT2D eigenvalue weighted by molar-refractivity contribution is 8.00. The summed E-state index contributed by atoms with van der Waals surface area (Å²) in [6.07, 6.45) is 0. The first kappa shape index (κ1) is 16.3. The van der Waals surface area contributed by atoms with Gasteiger partial charge in [0.1, 0.15) is 6.61 Å². The topological polar surface area (TPSA) is 64.6 Å². The second kappa shape index (κ2) is 6.92. The van der Waals surface area contributed by atoms with Gasteiger partial charge >= 0.3 is 5.97 Å². The van der Waals surface area contributed by atoms with Crippen molar-refractivity contribution in [2.75, 3.05) is 18.2 Å². The number of rotatable bonds is 4. The Morgan fingerprint density at radius 3 is 2.88 bits per heavy atom. The van der Waals surface area contributed by atoms with E-state index >= 15 is 0 Å². The minimum atomic E-state index is -0.543. The molecule has 0 spiro atoms. The highest BCUT2D eigenvalue weighted by atomic mass is 32.2. The largest absolute Gasteiger partial charge is 0.494 e. The lowest BCUT2D eigenvalue weighted by molar-refractivity contribution is -0.113. The highest BCUT2D eigenvalue weighted by Gasteiger charge is 2.18. The molecule has 2 aromatic carbocycles. The molecular formula is C17H14FNO4S. The Kier molecular flexibility index (Phi) is 4.71. The van der Waals surface area contributed by atoms with Crippen molar-refractivity contribution in [3.8, 4) is 5.75 Å². The first-order chi connectivity index (χ1) is 11.6. The van der Waals surface area contributed by atoms with Gasteiger partial charge in [0.15, 0.2) is 11.6 Å². The monoisotopic (exact) mass is 347 g/mol. The number of carbonyl (C=O) groups excluding carboxylic acids is 2. The van der Waals surface area contributed by atoms with Gasteiger partial charge < -0.3 is 14.8 Å². The Bertz CT molecular complexity index is 809. The average molecular weight is 347 g/mol. The Morgan fingerprint density at radius 2 is 2.12 bits per heavy atom. The number of esters is 1. The van der Waals surface area contributed by atoms with E-state index in [4.69, 9.17) is 9.47 Å². The molecule has 2 aromatic rings. The number of ether oxygens (including phenoxy) is 2. The predicted octanol–water partition coefficient (Wildman–Crippen LogP) is 3.24. The van der Waals surface area contributed by atoms with E-state index in [1.54, 1.807) is 24.3 Å². The fourth-order valence-electron chi connectivity index (χ4n) is 2.24. The van der Waals surface area contributed by atoms with Crippen LogP contribution in [0.25, 0.3) is 0 Å². The van der Waals surface area contributed by atoms with E-state index < -0.39 is 11.8 Å². The molecule has 0 aliphatic carbocycles. The summed E-state index contributed by atoms with van der Waals surface area (Å²) in [6.45, 7) is -0.0576. The van der Waals surface area contributed by atoms with Gasteiger partial charge in [-0.1, -0.05) is 6.07 Å². The molecule has 1 aliphatic heterocycles. The maximum absolute atomic E-state index is 13.6. The molecule has 0 bridgehead atoms. The number of carbonyl (C=O) groups is 2. The third kappa shape index (κ3) is 3.51. The van der Waals surface area contributed by atoms with Crippen LogP contribution in [0, 0.1) is 5.82 Å². The van der Waals surface area contributed by atoms with Gasteiger partial charge in [0, 0.05) is 4.90 Å². The van der Waals surface area contributed by atoms with Crippen LogP contribution in [0.3, 0.4) is 0 Å². The molecule has 1 heterocycles. The molecule has 0 saturated carbocycles. The summed E-state index contributed by atoms with van der Waals surface area (Å²) < 4.78 is 23.6. The van der Waals surface area contributed by atoms with E-state index in [-0.39, 0.29) is 18.3 Å². The van der Waals surface area contributed by atoms with Crippen LogP contribution in [0.4, 0.5) is 10.1 Å². The Labute approximate surface area is 142 Å². The van der Waals surface area contributed by atoms with E-state index in [1.807, 2.05) is 0 Å². The number of anilines is 1. The third-order valence-electron chi connectivity index (χ3n) is 3.43. The SMILES string of the molecule is COc1ccc(COC(=O)c2ccc3c(c2)NC(=O)CS3)cc1F. The van der Waals surface area contributed by atoms with Crippen LogP contribution in [-0.2, 0) is 16.1 Å². The zero-order valence-electron chi connectivity index (χ0n) is 12.8. The standard InChI is InChI=1S/C17H14FNO4S/c1-22-14-4-2-10(6-12(14)18)8-23-17(21)11-3-5-15-13(7-11)19-16(20)9-24-15/h2-7H,8-9H2,1H3,(H,19,20). The van der Waals surface area contributed by atoms with Crippen molar-refractivity contribution in [2.45, 2.75) is 11.5 Å². The zero-order valence-corrected chi connectivity index (χ0v) is 13.6. The van der Waals surface area contributed by atoms with E-state index in [0.29, 0.717) is 22.6 Å². The lowest BCUT2D eigenvalue weighted by Crippen LogP contribution is -2.19. The summed E-state index contributed by atoms with van der Waals surface area (Å²) in [5, 5.41) is 2.72. The summed E-state index contributed by atoms with van der Waals surface area (Å²) in [5.41, 5.74) is 1.44. The fraction of sp³-hybridized carbons (Fsp3) is 0.176. The third-order valence-corrected chi connectivity index (χ3v) is 4.51. The van der Waals surface area contributed by atoms with Crippen molar-refractivity contribution in [3.63, 3.8) is 0 Å². The van der Waals surface area contributed by atoms with Crippen LogP contribution < -0.4 is 10.1 Å². The second-order valence-electron chi connectivity index (χ2n) is 5.09. The number of amides is 1. The molecule has 0 saturated heterocycles. The van der Waals surface area contributed by atoms with Gasteiger partial charge in [0.25, 0.3) is 0 Å². The quantitative estimate of drug-likeness (QED) is 0.860. The summed E-state index contributed by atoms with van der Waals surface area (Å²) in [4.78, 5) is 24.4. The van der Waals surface area contributed by atoms with Crippen LogP contribution >= 0.6 is 11.8 Å². The van der Waals surface area contributed by atoms with E-state index in [0.717, 1.165) is 4.90 Å². The number of nitrogens with one attached hydrogen (secondary N) is 1. The van der Waals surface area contributed by atoms with Crippen LogP contribution in [0.1, 0.15) is 15.9 Å². The van der Waals surface area contributed by atoms with Gasteiger partial charge in [-0.05, 0) is 35.9 Å². The van der Waals surface area contributed by atoms with Crippen LogP contribution in [0.5, 0.6) is 5.75 Å². The molecule has 7 heteroatoms. The van der Waals surface area contributed by atoms with Gasteiger partial charge in [-0.3, -0.25) is 4.79 Å². The highest BCUT2D eigenvalue weighted by Crippen LogP contribution is 2.32. The van der Waals surface area contributed by atoms with Crippen LogP contribution in [-0.4, -0.2) is 24.7 Å². The van der Waals surface area contributed by atoms with E-state index in [1.165, 1.54) is 31.0 Å². The molecule has 1 N–H and O–H groups in total. The molecule has 5 nitrogen and oxygen atoms in total. The zero-order chi connectivity index (χ0) is 17.1. The first-order valence-corrected chi connectivity index (χ1v) is 8.11. The van der Waals surface area contributed by atoms with Crippen molar-refractivity contribution in [1.29, 1.82) is 0 Å². The summed E-state index contributed by atoms with van der Waals surface area (Å²) in [5.74, 6) is -0.669. The van der Waals surface area contributed by atoms with Gasteiger partial charge in [-0.25, -0.2) is 9.18 Å². The number of halogens is 1. The van der Waals surface area contributed by atoms with Crippen LogP contribution in [0.2, 0.25) is 0 Å². The molecule has 0 fully saturated rings. The maximum atomic E-state index is 13.6. The summed E-state index contributed by atoms with van der Waals surface area (Å²) >= 11 is 1.41. The van der Waals surface area contributed by atoms with Gasteiger partial charge in [0.05, 0.1) is 24.1 Å². The second-order valence-corrected chi connectivity index (χ2v) is 6.11. The smallest absolute Gasteiger partial charge is 0.338 e. The molecule has 0 radical (unpaired) electrons. The molecule has 0 aromatic heterocycles. The number of hydrogen-bond acceptors (Lipinski definition) is 5. The van der Waals surface area contributed by atoms with Gasteiger partial charge in [0.2, 0.25) is 5.91 Å². The number of benzene rings is 2. The van der Waals surface area contributed by atoms with Gasteiger partial charge in [-0.15, -0.1) is 11.8 Å². The maximum Gasteiger partial charge on any atom is 0.338 e. The van der Waals surface area contributed by atoms with Crippen molar-refractivity contribution in [3.05, 3.63) is 53.3 Å². The molecule has 0 atom stereocenters. The lowest BCUT2D eigenvalue weighted by Gasteiger charge is -2.16. The van der Waals surface area contributed by atoms with Crippen molar-refractivity contribution >= 4 is 29.3 Å². The van der Waals surface area contributed by atoms with E-state index in [2.05, 4.69) is 5.32 Å². The molecular weight excluding hydrogens is 333 g/mol. The summed E-state index contributed by atoms with van der Waals surface area (Å²) in [6, 6.07) is 9.35. The van der Waals surface area contributed by atoms with Crippen molar-refractivity contribution in [2.24, 2.45) is 0 Å². The number of methoxy groups -OCH3 is 1. The molecule has 24 heavy (non-hydrogen) atoms. The molecule has 1 amide bonds. The first-order valence-electron chi connectivity index (χ1n) is 7.13. The lowest BCUT2D eigenvalue weighted by atomic mass is 10.2. The Morgan fingerprint density at radius 1 is 1.29 bits per heavy atom. The normalized spacial score (nSPS) is 13.0. The van der Waals surface area contributed by atoms with Gasteiger partial charge in [-0.2, -0.15) is 0 Å². The minimum Gasteiger partial charge on any atom is -0.494 e.